The van der Waals surface area contributed by atoms with Crippen molar-refractivity contribution in [1.82, 2.24) is 9.78 Å². The van der Waals surface area contributed by atoms with Crippen LogP contribution in [0.25, 0.3) is 0 Å². The Balaban J connectivity index is 1.93. The molecular weight excluding hydrogens is 290 g/mol. The minimum atomic E-state index is -1.05. The third-order valence-electron chi connectivity index (χ3n) is 2.89. The molecule has 0 aliphatic heterocycles. The monoisotopic (exact) mass is 307 g/mol. The summed E-state index contributed by atoms with van der Waals surface area (Å²) in [4.78, 5) is 11.2. The van der Waals surface area contributed by atoms with E-state index >= 15 is 0 Å². The molecular formula is C14H17N3O3S. The maximum absolute atomic E-state index is 11.2. The van der Waals surface area contributed by atoms with Crippen molar-refractivity contribution < 1.29 is 14.6 Å². The van der Waals surface area contributed by atoms with Crippen molar-refractivity contribution in [2.45, 2.75) is 18.0 Å². The van der Waals surface area contributed by atoms with Gasteiger partial charge in [-0.25, -0.2) is 9.48 Å². The number of nitrogens with zero attached hydrogens (tertiary/aromatic N) is 2. The molecule has 0 amide bonds. The molecule has 0 aliphatic rings. The first-order valence-electron chi connectivity index (χ1n) is 6.45. The lowest BCUT2D eigenvalue weighted by Gasteiger charge is -2.07. The van der Waals surface area contributed by atoms with Crippen LogP contribution in [0.4, 0.5) is 5.82 Å². The van der Waals surface area contributed by atoms with Crippen molar-refractivity contribution in [1.29, 1.82) is 0 Å². The molecule has 0 saturated heterocycles. The second kappa shape index (κ2) is 7.03. The summed E-state index contributed by atoms with van der Waals surface area (Å²) in [5.74, 6) is -0.0582. The number of hydrogen-bond acceptors (Lipinski definition) is 5. The van der Waals surface area contributed by atoms with E-state index in [1.165, 1.54) is 16.4 Å². The van der Waals surface area contributed by atoms with E-state index in [2.05, 4.69) is 5.10 Å². The Morgan fingerprint density at radius 3 is 2.71 bits per heavy atom. The Morgan fingerprint density at radius 2 is 2.14 bits per heavy atom. The van der Waals surface area contributed by atoms with Gasteiger partial charge in [0.2, 0.25) is 0 Å². The van der Waals surface area contributed by atoms with Crippen molar-refractivity contribution >= 4 is 23.5 Å². The van der Waals surface area contributed by atoms with E-state index in [4.69, 9.17) is 15.6 Å². The van der Waals surface area contributed by atoms with Gasteiger partial charge in [0.05, 0.1) is 6.61 Å². The zero-order chi connectivity index (χ0) is 15.2. The van der Waals surface area contributed by atoms with E-state index in [0.29, 0.717) is 24.6 Å². The summed E-state index contributed by atoms with van der Waals surface area (Å²) in [6.45, 7) is 1.03. The van der Waals surface area contributed by atoms with Crippen LogP contribution >= 0.6 is 11.8 Å². The number of carboxylic acids is 1. The molecule has 0 radical (unpaired) electrons. The number of para-hydroxylation sites is 1. The van der Waals surface area contributed by atoms with E-state index in [9.17, 15) is 4.79 Å². The van der Waals surface area contributed by atoms with Gasteiger partial charge in [-0.2, -0.15) is 5.10 Å². The van der Waals surface area contributed by atoms with Crippen LogP contribution < -0.4 is 10.5 Å². The Labute approximate surface area is 126 Å². The van der Waals surface area contributed by atoms with Gasteiger partial charge in [-0.05, 0) is 18.4 Å². The highest BCUT2D eigenvalue weighted by molar-refractivity contribution is 7.98. The van der Waals surface area contributed by atoms with Crippen LogP contribution in [0, 0.1) is 0 Å². The summed E-state index contributed by atoms with van der Waals surface area (Å²) >= 11 is 1.27. The van der Waals surface area contributed by atoms with E-state index in [1.54, 1.807) is 6.26 Å². The fourth-order valence-corrected chi connectivity index (χ4v) is 2.46. The second-order valence-corrected chi connectivity index (χ2v) is 5.11. The maximum atomic E-state index is 11.2. The fourth-order valence-electron chi connectivity index (χ4n) is 1.89. The zero-order valence-corrected chi connectivity index (χ0v) is 12.5. The highest BCUT2D eigenvalue weighted by atomic mass is 32.2. The molecule has 2 aromatic rings. The Morgan fingerprint density at radius 1 is 1.43 bits per heavy atom. The number of aromatic nitrogens is 2. The van der Waals surface area contributed by atoms with Crippen LogP contribution in [0.15, 0.2) is 35.4 Å². The van der Waals surface area contributed by atoms with Gasteiger partial charge < -0.3 is 15.6 Å². The van der Waals surface area contributed by atoms with Gasteiger partial charge in [-0.1, -0.05) is 18.2 Å². The van der Waals surface area contributed by atoms with Gasteiger partial charge in [-0.15, -0.1) is 11.8 Å². The number of ether oxygens (including phenoxy) is 1. The Bertz CT molecular complexity index is 613. The average Bonchev–Trinajstić information content (AvgIpc) is 2.81. The highest BCUT2D eigenvalue weighted by Gasteiger charge is 2.20. The normalized spacial score (nSPS) is 10.5. The maximum Gasteiger partial charge on any atom is 0.342 e. The zero-order valence-electron chi connectivity index (χ0n) is 11.7. The number of anilines is 1. The van der Waals surface area contributed by atoms with Crippen LogP contribution in [0.2, 0.25) is 0 Å². The number of thioether (sulfide) groups is 1. The number of nitrogens with two attached hydrogens (primary N) is 1. The van der Waals surface area contributed by atoms with E-state index < -0.39 is 5.97 Å². The van der Waals surface area contributed by atoms with Gasteiger partial charge in [0.15, 0.2) is 0 Å². The molecule has 0 bridgehead atoms. The number of aryl methyl sites for hydroxylation is 1. The number of benzene rings is 1. The van der Waals surface area contributed by atoms with Crippen LogP contribution in [0.5, 0.6) is 5.75 Å². The summed E-state index contributed by atoms with van der Waals surface area (Å²) in [5.41, 5.74) is 5.91. The largest absolute Gasteiger partial charge is 0.494 e. The van der Waals surface area contributed by atoms with Crippen LogP contribution in [-0.2, 0) is 6.54 Å². The Kier molecular flexibility index (Phi) is 5.10. The second-order valence-electron chi connectivity index (χ2n) is 4.31. The molecule has 112 valence electrons. The number of rotatable bonds is 7. The SMILES string of the molecule is CSc1nn(CCCOc2ccccc2)c(N)c1C(=O)O. The molecule has 1 aromatic heterocycles. The number of aromatic carboxylic acids is 1. The fraction of sp³-hybridized carbons (Fsp3) is 0.286. The predicted molar refractivity (Wildman–Crippen MR) is 81.9 cm³/mol. The van der Waals surface area contributed by atoms with Crippen LogP contribution in [0.1, 0.15) is 16.8 Å². The topological polar surface area (TPSA) is 90.4 Å². The molecule has 3 N–H and O–H groups in total. The predicted octanol–water partition coefficient (Wildman–Crippen LogP) is 2.35. The van der Waals surface area contributed by atoms with Gasteiger partial charge in [0.1, 0.15) is 22.2 Å². The van der Waals surface area contributed by atoms with Crippen LogP contribution in [0.3, 0.4) is 0 Å². The first-order chi connectivity index (χ1) is 10.1. The lowest BCUT2D eigenvalue weighted by Crippen LogP contribution is -2.10. The first-order valence-corrected chi connectivity index (χ1v) is 7.67. The van der Waals surface area contributed by atoms with Gasteiger partial charge in [0, 0.05) is 13.0 Å². The van der Waals surface area contributed by atoms with Crippen molar-refractivity contribution in [2.75, 3.05) is 18.6 Å². The molecule has 0 fully saturated rings. The van der Waals surface area contributed by atoms with Crippen molar-refractivity contribution in [3.8, 4) is 5.75 Å². The standard InChI is InChI=1S/C14H17N3O3S/c1-21-13-11(14(18)19)12(15)17(16-13)8-5-9-20-10-6-3-2-4-7-10/h2-4,6-7H,5,8-9,15H2,1H3,(H,18,19). The number of carbonyl (C=O) groups is 1. The minimum absolute atomic E-state index is 0.0754. The lowest BCUT2D eigenvalue weighted by molar-refractivity contribution is 0.0694. The van der Waals surface area contributed by atoms with Crippen molar-refractivity contribution in [2.24, 2.45) is 0 Å². The number of nitrogen functional groups attached to an aromatic ring is 1. The molecule has 0 atom stereocenters. The third kappa shape index (κ3) is 3.69. The van der Waals surface area contributed by atoms with E-state index in [0.717, 1.165) is 5.75 Å². The van der Waals surface area contributed by atoms with Crippen LogP contribution in [-0.4, -0.2) is 33.7 Å². The molecule has 6 nitrogen and oxygen atoms in total. The summed E-state index contributed by atoms with van der Waals surface area (Å²) in [5, 5.41) is 13.8. The minimum Gasteiger partial charge on any atom is -0.494 e. The quantitative estimate of drug-likeness (QED) is 0.603. The van der Waals surface area contributed by atoms with Crippen molar-refractivity contribution in [3.05, 3.63) is 35.9 Å². The van der Waals surface area contributed by atoms with Crippen molar-refractivity contribution in [3.63, 3.8) is 0 Å². The molecule has 2 rings (SSSR count). The molecule has 0 aliphatic carbocycles. The smallest absolute Gasteiger partial charge is 0.342 e. The van der Waals surface area contributed by atoms with E-state index in [-0.39, 0.29) is 11.4 Å². The molecule has 0 spiro atoms. The Hall–Kier alpha value is -2.15. The summed E-state index contributed by atoms with van der Waals surface area (Å²) in [6.07, 6.45) is 2.46. The molecule has 7 heteroatoms. The number of carboxylic acid groups (broad SMARTS) is 1. The molecule has 0 unspecified atom stereocenters. The summed E-state index contributed by atoms with van der Waals surface area (Å²) < 4.78 is 7.09. The third-order valence-corrected chi connectivity index (χ3v) is 3.57. The number of hydrogen-bond donors (Lipinski definition) is 2. The highest BCUT2D eigenvalue weighted by Crippen LogP contribution is 2.24. The average molecular weight is 307 g/mol. The summed E-state index contributed by atoms with van der Waals surface area (Å²) in [6, 6.07) is 9.51. The summed E-state index contributed by atoms with van der Waals surface area (Å²) in [7, 11) is 0. The molecule has 21 heavy (non-hydrogen) atoms. The lowest BCUT2D eigenvalue weighted by atomic mass is 10.3. The molecule has 1 heterocycles. The van der Waals surface area contributed by atoms with Gasteiger partial charge >= 0.3 is 5.97 Å². The van der Waals surface area contributed by atoms with E-state index in [1.807, 2.05) is 30.3 Å². The van der Waals surface area contributed by atoms with Gasteiger partial charge in [0.25, 0.3) is 0 Å². The van der Waals surface area contributed by atoms with Gasteiger partial charge in [-0.3, -0.25) is 0 Å². The first kappa shape index (κ1) is 15.2. The molecule has 0 saturated carbocycles. The molecule has 1 aromatic carbocycles.